The lowest BCUT2D eigenvalue weighted by Crippen LogP contribution is -2.11. The molecule has 0 aliphatic heterocycles. The maximum absolute atomic E-state index is 5.34. The molecule has 0 aliphatic rings. The Balaban J connectivity index is 1.98. The molecule has 0 unspecified atom stereocenters. The molecule has 0 radical (unpaired) electrons. The minimum absolute atomic E-state index is 0.554. The predicted octanol–water partition coefficient (Wildman–Crippen LogP) is 3.17. The zero-order valence-electron chi connectivity index (χ0n) is 12.8. The van der Waals surface area contributed by atoms with Crippen molar-refractivity contribution in [2.75, 3.05) is 24.3 Å². The Labute approximate surface area is 125 Å². The predicted molar refractivity (Wildman–Crippen MR) is 85.7 cm³/mol. The molecule has 2 aromatic rings. The van der Waals surface area contributed by atoms with Crippen molar-refractivity contribution in [2.45, 2.75) is 20.4 Å². The molecule has 0 bridgehead atoms. The average Bonchev–Trinajstić information content (AvgIpc) is 2.51. The molecule has 0 fully saturated rings. The molecule has 112 valence electrons. The van der Waals surface area contributed by atoms with Gasteiger partial charge in [0.1, 0.15) is 11.6 Å². The van der Waals surface area contributed by atoms with Gasteiger partial charge in [-0.15, -0.1) is 0 Å². The van der Waals surface area contributed by atoms with Crippen molar-refractivity contribution in [1.29, 1.82) is 0 Å². The molecule has 0 aliphatic carbocycles. The third kappa shape index (κ3) is 4.63. The number of ether oxygens (including phenoxy) is 1. The van der Waals surface area contributed by atoms with Crippen LogP contribution in [0.3, 0.4) is 0 Å². The van der Waals surface area contributed by atoms with Gasteiger partial charge in [0, 0.05) is 24.8 Å². The number of hydrogen-bond acceptors (Lipinski definition) is 5. The zero-order valence-corrected chi connectivity index (χ0v) is 12.8. The van der Waals surface area contributed by atoms with E-state index >= 15 is 0 Å². The fourth-order valence-electron chi connectivity index (χ4n) is 1.87. The second-order valence-corrected chi connectivity index (χ2v) is 5.21. The van der Waals surface area contributed by atoms with E-state index in [4.69, 9.17) is 4.74 Å². The lowest BCUT2D eigenvalue weighted by Gasteiger charge is -2.11. The molecule has 2 rings (SSSR count). The molecule has 5 nitrogen and oxygen atoms in total. The van der Waals surface area contributed by atoms with Crippen molar-refractivity contribution < 1.29 is 4.74 Å². The van der Waals surface area contributed by atoms with E-state index in [-0.39, 0.29) is 0 Å². The molecule has 1 heterocycles. The fraction of sp³-hybridized carbons (Fsp3) is 0.375. The van der Waals surface area contributed by atoms with Crippen LogP contribution in [0.1, 0.15) is 19.4 Å². The summed E-state index contributed by atoms with van der Waals surface area (Å²) in [5.74, 6) is 2.87. The van der Waals surface area contributed by atoms with E-state index in [0.29, 0.717) is 18.4 Å². The van der Waals surface area contributed by atoms with Crippen LogP contribution in [-0.2, 0) is 6.54 Å². The Morgan fingerprint density at radius 1 is 1.14 bits per heavy atom. The molecule has 0 atom stereocenters. The van der Waals surface area contributed by atoms with Crippen LogP contribution in [0.25, 0.3) is 0 Å². The summed E-state index contributed by atoms with van der Waals surface area (Å²) in [6.07, 6.45) is 1.75. The van der Waals surface area contributed by atoms with Gasteiger partial charge in [-0.2, -0.15) is 4.98 Å². The van der Waals surface area contributed by atoms with E-state index in [1.165, 1.54) is 0 Å². The van der Waals surface area contributed by atoms with Crippen molar-refractivity contribution in [2.24, 2.45) is 5.92 Å². The highest BCUT2D eigenvalue weighted by Gasteiger charge is 2.03. The topological polar surface area (TPSA) is 59.1 Å². The second kappa shape index (κ2) is 7.47. The maximum atomic E-state index is 5.34. The summed E-state index contributed by atoms with van der Waals surface area (Å²) in [5.41, 5.74) is 1.09. The molecule has 0 saturated carbocycles. The summed E-state index contributed by atoms with van der Waals surface area (Å²) in [6, 6.07) is 9.80. The van der Waals surface area contributed by atoms with E-state index in [1.807, 2.05) is 30.3 Å². The smallest absolute Gasteiger partial charge is 0.224 e. The van der Waals surface area contributed by atoms with Gasteiger partial charge in [-0.05, 0) is 18.1 Å². The fourth-order valence-corrected chi connectivity index (χ4v) is 1.87. The van der Waals surface area contributed by atoms with Gasteiger partial charge in [-0.1, -0.05) is 32.0 Å². The third-order valence-electron chi connectivity index (χ3n) is 2.98. The largest absolute Gasteiger partial charge is 0.496 e. The van der Waals surface area contributed by atoms with Crippen LogP contribution in [-0.4, -0.2) is 23.6 Å². The molecular formula is C16H22N4O. The molecule has 1 aromatic heterocycles. The van der Waals surface area contributed by atoms with Gasteiger partial charge in [0.05, 0.1) is 7.11 Å². The molecule has 21 heavy (non-hydrogen) atoms. The molecular weight excluding hydrogens is 264 g/mol. The van der Waals surface area contributed by atoms with Crippen LogP contribution in [0.4, 0.5) is 11.8 Å². The normalized spacial score (nSPS) is 10.5. The maximum Gasteiger partial charge on any atom is 0.224 e. The number of aromatic nitrogens is 2. The van der Waals surface area contributed by atoms with Gasteiger partial charge < -0.3 is 15.4 Å². The van der Waals surface area contributed by atoms with Gasteiger partial charge >= 0.3 is 0 Å². The number of hydrogen-bond donors (Lipinski definition) is 2. The number of nitrogens with one attached hydrogen (secondary N) is 2. The number of benzene rings is 1. The van der Waals surface area contributed by atoms with Crippen LogP contribution in [0.2, 0.25) is 0 Å². The van der Waals surface area contributed by atoms with Gasteiger partial charge in [-0.25, -0.2) is 4.98 Å². The molecule has 0 amide bonds. The first-order chi connectivity index (χ1) is 10.2. The minimum atomic E-state index is 0.554. The monoisotopic (exact) mass is 286 g/mol. The van der Waals surface area contributed by atoms with Crippen LogP contribution < -0.4 is 15.4 Å². The number of anilines is 2. The van der Waals surface area contributed by atoms with Crippen molar-refractivity contribution in [1.82, 2.24) is 9.97 Å². The lowest BCUT2D eigenvalue weighted by molar-refractivity contribution is 0.410. The Bertz CT molecular complexity index is 572. The highest BCUT2D eigenvalue weighted by atomic mass is 16.5. The van der Waals surface area contributed by atoms with Gasteiger partial charge in [0.15, 0.2) is 0 Å². The summed E-state index contributed by atoms with van der Waals surface area (Å²) in [5, 5.41) is 6.51. The molecule has 0 spiro atoms. The number of rotatable bonds is 7. The first-order valence-electron chi connectivity index (χ1n) is 7.11. The van der Waals surface area contributed by atoms with E-state index < -0.39 is 0 Å². The van der Waals surface area contributed by atoms with Gasteiger partial charge in [0.2, 0.25) is 5.95 Å². The van der Waals surface area contributed by atoms with E-state index in [2.05, 4.69) is 34.4 Å². The van der Waals surface area contributed by atoms with Crippen molar-refractivity contribution in [3.63, 3.8) is 0 Å². The summed E-state index contributed by atoms with van der Waals surface area (Å²) < 4.78 is 5.34. The average molecular weight is 286 g/mol. The number of para-hydroxylation sites is 1. The summed E-state index contributed by atoms with van der Waals surface area (Å²) >= 11 is 0. The van der Waals surface area contributed by atoms with Gasteiger partial charge in [0.25, 0.3) is 0 Å². The van der Waals surface area contributed by atoms with Crippen LogP contribution in [0.15, 0.2) is 36.5 Å². The van der Waals surface area contributed by atoms with Crippen molar-refractivity contribution >= 4 is 11.8 Å². The molecule has 0 saturated heterocycles. The van der Waals surface area contributed by atoms with Crippen LogP contribution in [0, 0.1) is 5.92 Å². The SMILES string of the molecule is COc1ccccc1CNc1ccnc(NCC(C)C)n1. The molecule has 5 heteroatoms. The Hall–Kier alpha value is -2.30. The minimum Gasteiger partial charge on any atom is -0.496 e. The third-order valence-corrected chi connectivity index (χ3v) is 2.98. The van der Waals surface area contributed by atoms with E-state index in [1.54, 1.807) is 13.3 Å². The highest BCUT2D eigenvalue weighted by Crippen LogP contribution is 2.18. The van der Waals surface area contributed by atoms with Crippen LogP contribution in [0.5, 0.6) is 5.75 Å². The van der Waals surface area contributed by atoms with Crippen molar-refractivity contribution in [3.8, 4) is 5.75 Å². The molecule has 2 N–H and O–H groups in total. The highest BCUT2D eigenvalue weighted by molar-refractivity contribution is 5.42. The Morgan fingerprint density at radius 3 is 2.71 bits per heavy atom. The first-order valence-corrected chi connectivity index (χ1v) is 7.11. The second-order valence-electron chi connectivity index (χ2n) is 5.21. The number of nitrogens with zero attached hydrogens (tertiary/aromatic N) is 2. The molecule has 1 aromatic carbocycles. The quantitative estimate of drug-likeness (QED) is 0.818. The van der Waals surface area contributed by atoms with Gasteiger partial charge in [-0.3, -0.25) is 0 Å². The van der Waals surface area contributed by atoms with Crippen molar-refractivity contribution in [3.05, 3.63) is 42.1 Å². The first kappa shape index (κ1) is 15.1. The number of methoxy groups -OCH3 is 1. The van der Waals surface area contributed by atoms with E-state index in [0.717, 1.165) is 23.7 Å². The van der Waals surface area contributed by atoms with E-state index in [9.17, 15) is 0 Å². The standard InChI is InChI=1S/C16H22N4O/c1-12(2)10-19-16-17-9-8-15(20-16)18-11-13-6-4-5-7-14(13)21-3/h4-9,12H,10-11H2,1-3H3,(H2,17,18,19,20). The Kier molecular flexibility index (Phi) is 5.37. The summed E-state index contributed by atoms with van der Waals surface area (Å²) in [6.45, 7) is 5.81. The van der Waals surface area contributed by atoms with Crippen LogP contribution >= 0.6 is 0 Å². The summed E-state index contributed by atoms with van der Waals surface area (Å²) in [7, 11) is 1.68. The lowest BCUT2D eigenvalue weighted by atomic mass is 10.2. The Morgan fingerprint density at radius 2 is 1.95 bits per heavy atom. The zero-order chi connectivity index (χ0) is 15.1. The summed E-state index contributed by atoms with van der Waals surface area (Å²) in [4.78, 5) is 8.65.